The molecule has 6 heteroatoms. The zero-order valence-corrected chi connectivity index (χ0v) is 16.1. The molecule has 0 aromatic heterocycles. The summed E-state index contributed by atoms with van der Waals surface area (Å²) in [5, 5.41) is 2.32. The molecule has 4 nitrogen and oxygen atoms in total. The van der Waals surface area contributed by atoms with E-state index in [2.05, 4.69) is 27.9 Å². The van der Waals surface area contributed by atoms with Crippen LogP contribution in [0.2, 0.25) is 0 Å². The number of carbonyl (C=O) groups excluding carboxylic acids is 1. The number of nitrogens with one attached hydrogen (secondary N) is 1. The van der Waals surface area contributed by atoms with Gasteiger partial charge >= 0.3 is 0 Å². The van der Waals surface area contributed by atoms with Gasteiger partial charge in [-0.15, -0.1) is 0 Å². The van der Waals surface area contributed by atoms with Gasteiger partial charge in [-0.2, -0.15) is 0 Å². The van der Waals surface area contributed by atoms with Gasteiger partial charge in [-0.05, 0) is 85.3 Å². The van der Waals surface area contributed by atoms with E-state index in [4.69, 9.17) is 0 Å². The lowest BCUT2D eigenvalue weighted by atomic mass is 10.2. The molecule has 0 bridgehead atoms. The van der Waals surface area contributed by atoms with Crippen molar-refractivity contribution in [3.63, 3.8) is 0 Å². The van der Waals surface area contributed by atoms with Crippen LogP contribution in [0.5, 0.6) is 0 Å². The van der Waals surface area contributed by atoms with E-state index in [0.717, 1.165) is 9.13 Å². The number of hydrogen-bond acceptors (Lipinski definition) is 3. The van der Waals surface area contributed by atoms with Crippen LogP contribution in [-0.2, 0) is 9.84 Å². The molecule has 0 aliphatic heterocycles. The van der Waals surface area contributed by atoms with Gasteiger partial charge < -0.3 is 5.32 Å². The molecule has 0 heterocycles. The minimum absolute atomic E-state index is 0.230. The average Bonchev–Trinajstić information content (AvgIpc) is 2.51. The number of amides is 1. The number of rotatable bonds is 4. The first-order chi connectivity index (χ1) is 10.7. The van der Waals surface area contributed by atoms with E-state index in [9.17, 15) is 13.2 Å². The van der Waals surface area contributed by atoms with Crippen molar-refractivity contribution in [2.45, 2.75) is 30.9 Å². The summed E-state index contributed by atoms with van der Waals surface area (Å²) >= 11 is 2.21. The zero-order chi connectivity index (χ0) is 17.2. The highest BCUT2D eigenvalue weighted by Crippen LogP contribution is 2.19. The topological polar surface area (TPSA) is 63.2 Å². The van der Waals surface area contributed by atoms with Crippen molar-refractivity contribution in [2.24, 2.45) is 0 Å². The molecule has 2 aromatic rings. The molecule has 0 atom stereocenters. The largest absolute Gasteiger partial charge is 0.322 e. The molecule has 1 N–H and O–H groups in total. The second kappa shape index (κ2) is 7.00. The standard InChI is InChI=1S/C17H18INO3S/c1-11(2)23(21,22)15-8-5-13(6-9-15)17(20)19-14-7-4-12(3)16(18)10-14/h4-11H,1-3H3,(H,19,20). The van der Waals surface area contributed by atoms with Crippen LogP contribution in [-0.4, -0.2) is 19.6 Å². The minimum atomic E-state index is -3.32. The summed E-state index contributed by atoms with van der Waals surface area (Å²) in [7, 11) is -3.32. The Morgan fingerprint density at radius 2 is 1.70 bits per heavy atom. The van der Waals surface area contributed by atoms with Gasteiger partial charge in [0, 0.05) is 14.8 Å². The van der Waals surface area contributed by atoms with Crippen molar-refractivity contribution in [1.29, 1.82) is 0 Å². The highest BCUT2D eigenvalue weighted by atomic mass is 127. The first-order valence-corrected chi connectivity index (χ1v) is 9.76. The van der Waals surface area contributed by atoms with Gasteiger partial charge in [0.05, 0.1) is 10.1 Å². The molecule has 0 saturated heterocycles. The number of aryl methyl sites for hydroxylation is 1. The maximum Gasteiger partial charge on any atom is 0.255 e. The van der Waals surface area contributed by atoms with E-state index in [-0.39, 0.29) is 10.8 Å². The van der Waals surface area contributed by atoms with Crippen molar-refractivity contribution < 1.29 is 13.2 Å². The Morgan fingerprint density at radius 1 is 1.09 bits per heavy atom. The van der Waals surface area contributed by atoms with Gasteiger partial charge in [-0.1, -0.05) is 6.07 Å². The Hall–Kier alpha value is -1.41. The third-order valence-corrected chi connectivity index (χ3v) is 6.83. The molecule has 0 fully saturated rings. The monoisotopic (exact) mass is 443 g/mol. The quantitative estimate of drug-likeness (QED) is 0.726. The average molecular weight is 443 g/mol. The lowest BCUT2D eigenvalue weighted by Crippen LogP contribution is -2.15. The fraction of sp³-hybridized carbons (Fsp3) is 0.235. The number of carbonyl (C=O) groups is 1. The molecular formula is C17H18INO3S. The lowest BCUT2D eigenvalue weighted by Gasteiger charge is -2.09. The molecule has 0 saturated carbocycles. The van der Waals surface area contributed by atoms with Crippen LogP contribution in [0.1, 0.15) is 29.8 Å². The number of hydrogen-bond donors (Lipinski definition) is 1. The van der Waals surface area contributed by atoms with E-state index in [0.29, 0.717) is 11.3 Å². The minimum Gasteiger partial charge on any atom is -0.322 e. The number of benzene rings is 2. The summed E-state index contributed by atoms with van der Waals surface area (Å²) in [5.41, 5.74) is 2.28. The molecule has 0 aliphatic rings. The molecule has 1 amide bonds. The number of halogens is 1. The zero-order valence-electron chi connectivity index (χ0n) is 13.1. The normalized spacial score (nSPS) is 11.5. The van der Waals surface area contributed by atoms with Crippen molar-refractivity contribution in [3.05, 3.63) is 57.2 Å². The van der Waals surface area contributed by atoms with Crippen molar-refractivity contribution in [3.8, 4) is 0 Å². The van der Waals surface area contributed by atoms with Crippen molar-refractivity contribution in [1.82, 2.24) is 0 Å². The molecule has 0 spiro atoms. The van der Waals surface area contributed by atoms with Gasteiger partial charge in [0.25, 0.3) is 5.91 Å². The van der Waals surface area contributed by atoms with Crippen LogP contribution in [0.25, 0.3) is 0 Å². The molecule has 0 unspecified atom stereocenters. The predicted octanol–water partition coefficient (Wildman–Crippen LogP) is 4.03. The van der Waals surface area contributed by atoms with Gasteiger partial charge in [0.1, 0.15) is 0 Å². The van der Waals surface area contributed by atoms with Crippen molar-refractivity contribution >= 4 is 44.0 Å². The van der Waals surface area contributed by atoms with E-state index >= 15 is 0 Å². The van der Waals surface area contributed by atoms with Crippen molar-refractivity contribution in [2.75, 3.05) is 5.32 Å². The second-order valence-corrected chi connectivity index (χ2v) is 9.20. The smallest absolute Gasteiger partial charge is 0.255 e. The third-order valence-electron chi connectivity index (χ3n) is 3.50. The van der Waals surface area contributed by atoms with Crippen LogP contribution in [0.4, 0.5) is 5.69 Å². The maximum absolute atomic E-state index is 12.2. The Kier molecular flexibility index (Phi) is 5.46. The number of sulfone groups is 1. The maximum atomic E-state index is 12.2. The lowest BCUT2D eigenvalue weighted by molar-refractivity contribution is 0.102. The Morgan fingerprint density at radius 3 is 2.22 bits per heavy atom. The Balaban J connectivity index is 2.19. The van der Waals surface area contributed by atoms with Crippen LogP contribution >= 0.6 is 22.6 Å². The summed E-state index contributed by atoms with van der Waals surface area (Å²) in [5.74, 6) is -0.266. The van der Waals surface area contributed by atoms with Gasteiger partial charge in [0.15, 0.2) is 9.84 Å². The summed E-state index contributed by atoms with van der Waals surface area (Å²) in [4.78, 5) is 12.5. The van der Waals surface area contributed by atoms with Crippen LogP contribution in [0, 0.1) is 10.5 Å². The molecular weight excluding hydrogens is 425 g/mol. The molecule has 0 aliphatic carbocycles. The van der Waals surface area contributed by atoms with E-state index in [1.54, 1.807) is 13.8 Å². The number of anilines is 1. The van der Waals surface area contributed by atoms with E-state index in [1.165, 1.54) is 24.3 Å². The molecule has 2 aromatic carbocycles. The Labute approximate surface area is 150 Å². The molecule has 2 rings (SSSR count). The second-order valence-electron chi connectivity index (χ2n) is 5.54. The molecule has 0 radical (unpaired) electrons. The first-order valence-electron chi connectivity index (χ1n) is 7.13. The van der Waals surface area contributed by atoms with Crippen LogP contribution in [0.3, 0.4) is 0 Å². The third kappa shape index (κ3) is 4.11. The van der Waals surface area contributed by atoms with E-state index < -0.39 is 15.1 Å². The summed E-state index contributed by atoms with van der Waals surface area (Å²) < 4.78 is 25.2. The first kappa shape index (κ1) is 17.9. The van der Waals surface area contributed by atoms with Gasteiger partial charge in [0.2, 0.25) is 0 Å². The fourth-order valence-electron chi connectivity index (χ4n) is 1.94. The highest BCUT2D eigenvalue weighted by Gasteiger charge is 2.19. The summed E-state index contributed by atoms with van der Waals surface area (Å²) in [6.07, 6.45) is 0. The predicted molar refractivity (Wildman–Crippen MR) is 101 cm³/mol. The summed E-state index contributed by atoms with van der Waals surface area (Å²) in [6.45, 7) is 5.27. The van der Waals surface area contributed by atoms with Crippen LogP contribution < -0.4 is 5.32 Å². The molecule has 23 heavy (non-hydrogen) atoms. The summed E-state index contributed by atoms with van der Waals surface area (Å²) in [6, 6.07) is 11.7. The SMILES string of the molecule is Cc1ccc(NC(=O)c2ccc(S(=O)(=O)C(C)C)cc2)cc1I. The fourth-order valence-corrected chi connectivity index (χ4v) is 3.52. The van der Waals surface area contributed by atoms with E-state index in [1.807, 2.05) is 25.1 Å². The van der Waals surface area contributed by atoms with Gasteiger partial charge in [-0.25, -0.2) is 8.42 Å². The van der Waals surface area contributed by atoms with Crippen LogP contribution in [0.15, 0.2) is 47.4 Å². The Bertz CT molecular complexity index is 827. The molecule has 122 valence electrons. The van der Waals surface area contributed by atoms with Gasteiger partial charge in [-0.3, -0.25) is 4.79 Å². The highest BCUT2D eigenvalue weighted by molar-refractivity contribution is 14.1.